The molecule has 2 rings (SSSR count). The molecule has 0 saturated carbocycles. The van der Waals surface area contributed by atoms with E-state index in [1.807, 2.05) is 0 Å². The Morgan fingerprint density at radius 2 is 1.91 bits per heavy atom. The van der Waals surface area contributed by atoms with Crippen molar-refractivity contribution >= 4 is 34.8 Å². The number of amides is 1. The van der Waals surface area contributed by atoms with Crippen LogP contribution in [-0.2, 0) is 4.79 Å². The number of hydrazone groups is 1. The highest BCUT2D eigenvalue weighted by Gasteiger charge is 2.06. The van der Waals surface area contributed by atoms with Gasteiger partial charge in [-0.2, -0.15) is 5.10 Å². The lowest BCUT2D eigenvalue weighted by atomic mass is 10.1. The van der Waals surface area contributed by atoms with Gasteiger partial charge in [0.05, 0.1) is 10.7 Å². The summed E-state index contributed by atoms with van der Waals surface area (Å²) in [5, 5.41) is 14.0. The van der Waals surface area contributed by atoms with Gasteiger partial charge in [-0.3, -0.25) is 4.79 Å². The molecule has 0 spiro atoms. The fourth-order valence-corrected chi connectivity index (χ4v) is 2.14. The van der Waals surface area contributed by atoms with Gasteiger partial charge in [0.1, 0.15) is 11.5 Å². The van der Waals surface area contributed by atoms with Crippen LogP contribution in [-0.4, -0.2) is 23.3 Å². The number of phenols is 1. The molecule has 0 unspecified atom stereocenters. The molecule has 120 valence electrons. The number of phenolic OH excluding ortho intramolecular Hbond substituents is 1. The SMILES string of the molecule is CC(=NNC(=O)COc1ccc(Cl)cc1Cl)c1ccc(O)cc1. The highest BCUT2D eigenvalue weighted by atomic mass is 35.5. The molecule has 2 N–H and O–H groups in total. The van der Waals surface area contributed by atoms with E-state index in [2.05, 4.69) is 10.5 Å². The van der Waals surface area contributed by atoms with Crippen molar-refractivity contribution in [2.45, 2.75) is 6.92 Å². The number of aromatic hydroxyl groups is 1. The van der Waals surface area contributed by atoms with Crippen molar-refractivity contribution in [2.75, 3.05) is 6.61 Å². The van der Waals surface area contributed by atoms with Crippen molar-refractivity contribution in [3.8, 4) is 11.5 Å². The zero-order valence-electron chi connectivity index (χ0n) is 12.2. The lowest BCUT2D eigenvalue weighted by Crippen LogP contribution is -2.25. The first-order chi connectivity index (χ1) is 11.0. The lowest BCUT2D eigenvalue weighted by Gasteiger charge is -2.07. The molecule has 0 aliphatic carbocycles. The molecule has 0 bridgehead atoms. The third kappa shape index (κ3) is 5.16. The van der Waals surface area contributed by atoms with Crippen LogP contribution in [0.2, 0.25) is 10.0 Å². The molecular weight excluding hydrogens is 339 g/mol. The third-order valence-electron chi connectivity index (χ3n) is 2.89. The van der Waals surface area contributed by atoms with Crippen LogP contribution in [0.1, 0.15) is 12.5 Å². The van der Waals surface area contributed by atoms with Gasteiger partial charge >= 0.3 is 0 Å². The number of carbonyl (C=O) groups excluding carboxylic acids is 1. The van der Waals surface area contributed by atoms with E-state index in [-0.39, 0.29) is 12.4 Å². The highest BCUT2D eigenvalue weighted by Crippen LogP contribution is 2.27. The van der Waals surface area contributed by atoms with Gasteiger partial charge in [0, 0.05) is 5.02 Å². The normalized spacial score (nSPS) is 11.2. The number of ether oxygens (including phenoxy) is 1. The van der Waals surface area contributed by atoms with Gasteiger partial charge in [-0.05, 0) is 55.0 Å². The van der Waals surface area contributed by atoms with Crippen molar-refractivity contribution in [1.82, 2.24) is 5.43 Å². The molecule has 0 aromatic heterocycles. The standard InChI is InChI=1S/C16H14Cl2N2O3/c1-10(11-2-5-13(21)6-3-11)19-20-16(22)9-23-15-7-4-12(17)8-14(15)18/h2-8,21H,9H2,1H3,(H,20,22). The Bertz CT molecular complexity index is 731. The van der Waals surface area contributed by atoms with Gasteiger partial charge in [0.15, 0.2) is 6.61 Å². The van der Waals surface area contributed by atoms with Gasteiger partial charge in [-0.15, -0.1) is 0 Å². The molecule has 2 aromatic carbocycles. The van der Waals surface area contributed by atoms with Crippen molar-refractivity contribution in [2.24, 2.45) is 5.10 Å². The minimum atomic E-state index is -0.422. The molecule has 0 heterocycles. The first kappa shape index (κ1) is 17.1. The Balaban J connectivity index is 1.89. The second kappa shape index (κ2) is 7.85. The van der Waals surface area contributed by atoms with Crippen LogP contribution in [0.3, 0.4) is 0 Å². The smallest absolute Gasteiger partial charge is 0.277 e. The number of hydrogen-bond acceptors (Lipinski definition) is 4. The number of carbonyl (C=O) groups is 1. The highest BCUT2D eigenvalue weighted by molar-refractivity contribution is 6.35. The Hall–Kier alpha value is -2.24. The molecule has 0 fully saturated rings. The van der Waals surface area contributed by atoms with Gasteiger partial charge in [0.2, 0.25) is 0 Å². The third-order valence-corrected chi connectivity index (χ3v) is 3.42. The largest absolute Gasteiger partial charge is 0.508 e. The first-order valence-corrected chi connectivity index (χ1v) is 7.41. The lowest BCUT2D eigenvalue weighted by molar-refractivity contribution is -0.123. The maximum atomic E-state index is 11.7. The van der Waals surface area contributed by atoms with E-state index in [0.29, 0.717) is 21.5 Å². The molecule has 0 saturated heterocycles. The summed E-state index contributed by atoms with van der Waals surface area (Å²) in [5.74, 6) is 0.110. The fraction of sp³-hybridized carbons (Fsp3) is 0.125. The molecule has 2 aromatic rings. The van der Waals surface area contributed by atoms with Crippen LogP contribution >= 0.6 is 23.2 Å². The van der Waals surface area contributed by atoms with E-state index < -0.39 is 5.91 Å². The van der Waals surface area contributed by atoms with Gasteiger partial charge in [-0.25, -0.2) is 5.43 Å². The summed E-state index contributed by atoms with van der Waals surface area (Å²) in [6, 6.07) is 11.2. The minimum Gasteiger partial charge on any atom is -0.508 e. The Morgan fingerprint density at radius 3 is 2.57 bits per heavy atom. The van der Waals surface area contributed by atoms with Crippen molar-refractivity contribution in [1.29, 1.82) is 0 Å². The van der Waals surface area contributed by atoms with E-state index in [0.717, 1.165) is 5.56 Å². The molecular formula is C16H14Cl2N2O3. The first-order valence-electron chi connectivity index (χ1n) is 6.66. The van der Waals surface area contributed by atoms with E-state index in [9.17, 15) is 9.90 Å². The number of hydrogen-bond donors (Lipinski definition) is 2. The van der Waals surface area contributed by atoms with Crippen LogP contribution in [0.15, 0.2) is 47.6 Å². The predicted octanol–water partition coefficient (Wildman–Crippen LogP) is 3.62. The molecule has 1 amide bonds. The van der Waals surface area contributed by atoms with E-state index in [1.165, 1.54) is 6.07 Å². The second-order valence-electron chi connectivity index (χ2n) is 4.64. The zero-order valence-corrected chi connectivity index (χ0v) is 13.7. The molecule has 0 radical (unpaired) electrons. The zero-order chi connectivity index (χ0) is 16.8. The second-order valence-corrected chi connectivity index (χ2v) is 5.49. The van der Waals surface area contributed by atoms with Crippen LogP contribution in [0.5, 0.6) is 11.5 Å². The van der Waals surface area contributed by atoms with E-state index in [4.69, 9.17) is 27.9 Å². The van der Waals surface area contributed by atoms with E-state index in [1.54, 1.807) is 43.3 Å². The Morgan fingerprint density at radius 1 is 1.22 bits per heavy atom. The van der Waals surface area contributed by atoms with Gasteiger partial charge < -0.3 is 9.84 Å². The number of rotatable bonds is 5. The monoisotopic (exact) mass is 352 g/mol. The van der Waals surface area contributed by atoms with E-state index >= 15 is 0 Å². The summed E-state index contributed by atoms with van der Waals surface area (Å²) < 4.78 is 5.30. The topological polar surface area (TPSA) is 70.9 Å². The summed E-state index contributed by atoms with van der Waals surface area (Å²) in [7, 11) is 0. The number of halogens is 2. The molecule has 0 aliphatic rings. The Kier molecular flexibility index (Phi) is 5.84. The number of nitrogens with one attached hydrogen (secondary N) is 1. The number of benzene rings is 2. The summed E-state index contributed by atoms with van der Waals surface area (Å²) in [4.78, 5) is 11.7. The van der Waals surface area contributed by atoms with Gasteiger partial charge in [0.25, 0.3) is 5.91 Å². The maximum Gasteiger partial charge on any atom is 0.277 e. The minimum absolute atomic E-state index is 0.166. The number of nitrogens with zero attached hydrogens (tertiary/aromatic N) is 1. The quantitative estimate of drug-likeness (QED) is 0.637. The molecule has 7 heteroatoms. The van der Waals surface area contributed by atoms with Gasteiger partial charge in [-0.1, -0.05) is 23.2 Å². The summed E-state index contributed by atoms with van der Waals surface area (Å²) in [6.07, 6.45) is 0. The molecule has 23 heavy (non-hydrogen) atoms. The van der Waals surface area contributed by atoms with Crippen LogP contribution in [0.25, 0.3) is 0 Å². The van der Waals surface area contributed by atoms with Crippen LogP contribution < -0.4 is 10.2 Å². The van der Waals surface area contributed by atoms with Crippen molar-refractivity contribution in [3.05, 3.63) is 58.1 Å². The molecule has 0 aliphatic heterocycles. The average molecular weight is 353 g/mol. The fourth-order valence-electron chi connectivity index (χ4n) is 1.68. The van der Waals surface area contributed by atoms with Crippen molar-refractivity contribution < 1.29 is 14.6 Å². The maximum absolute atomic E-state index is 11.7. The summed E-state index contributed by atoms with van der Waals surface area (Å²) >= 11 is 11.7. The average Bonchev–Trinajstić information content (AvgIpc) is 2.52. The van der Waals surface area contributed by atoms with Crippen molar-refractivity contribution in [3.63, 3.8) is 0 Å². The summed E-state index contributed by atoms with van der Waals surface area (Å²) in [5.41, 5.74) is 3.77. The molecule has 0 atom stereocenters. The van der Waals surface area contributed by atoms with Crippen LogP contribution in [0.4, 0.5) is 0 Å². The predicted molar refractivity (Wildman–Crippen MR) is 90.4 cm³/mol. The molecule has 5 nitrogen and oxygen atoms in total. The summed E-state index contributed by atoms with van der Waals surface area (Å²) in [6.45, 7) is 1.51. The van der Waals surface area contributed by atoms with Crippen LogP contribution in [0, 0.1) is 0 Å². The Labute approximate surface area is 143 Å².